The van der Waals surface area contributed by atoms with Crippen molar-refractivity contribution in [2.45, 2.75) is 26.9 Å². The van der Waals surface area contributed by atoms with E-state index in [1.807, 2.05) is 18.4 Å². The molecule has 0 aromatic carbocycles. The van der Waals surface area contributed by atoms with Gasteiger partial charge >= 0.3 is 0 Å². The number of hydrogen-bond donors (Lipinski definition) is 1. The van der Waals surface area contributed by atoms with Gasteiger partial charge in [0.1, 0.15) is 4.83 Å². The highest BCUT2D eigenvalue weighted by Gasteiger charge is 2.14. The van der Waals surface area contributed by atoms with Crippen molar-refractivity contribution in [1.29, 1.82) is 0 Å². The monoisotopic (exact) mass is 237 g/mol. The van der Waals surface area contributed by atoms with E-state index >= 15 is 0 Å². The summed E-state index contributed by atoms with van der Waals surface area (Å²) >= 11 is 1.54. The maximum Gasteiger partial charge on any atom is 0.227 e. The lowest BCUT2D eigenvalue weighted by Gasteiger charge is -2.17. The molecule has 0 amide bonds. The molecule has 0 aliphatic rings. The Balaban J connectivity index is 2.39. The van der Waals surface area contributed by atoms with Crippen molar-refractivity contribution in [1.82, 2.24) is 9.97 Å². The summed E-state index contributed by atoms with van der Waals surface area (Å²) in [6.45, 7) is 6.25. The normalized spacial score (nSPS) is 13.2. The number of hydrogen-bond acceptors (Lipinski definition) is 5. The SMILES string of the molecule is CC(C)C(C)Oc1nc(N)nc2sccc12. The van der Waals surface area contributed by atoms with Crippen LogP contribution in [0.1, 0.15) is 20.8 Å². The minimum absolute atomic E-state index is 0.109. The molecule has 2 rings (SSSR count). The summed E-state index contributed by atoms with van der Waals surface area (Å²) in [6, 6.07) is 1.96. The van der Waals surface area contributed by atoms with Gasteiger partial charge in [-0.1, -0.05) is 13.8 Å². The van der Waals surface area contributed by atoms with E-state index in [-0.39, 0.29) is 12.1 Å². The van der Waals surface area contributed by atoms with Gasteiger partial charge in [-0.05, 0) is 24.3 Å². The summed E-state index contributed by atoms with van der Waals surface area (Å²) in [6.07, 6.45) is 0.109. The van der Waals surface area contributed by atoms with Crippen molar-refractivity contribution in [3.63, 3.8) is 0 Å². The van der Waals surface area contributed by atoms with Crippen LogP contribution in [0.25, 0.3) is 10.2 Å². The first-order valence-electron chi connectivity index (χ1n) is 5.25. The van der Waals surface area contributed by atoms with E-state index in [9.17, 15) is 0 Å². The molecule has 4 nitrogen and oxygen atoms in total. The summed E-state index contributed by atoms with van der Waals surface area (Å²) in [4.78, 5) is 9.17. The van der Waals surface area contributed by atoms with Gasteiger partial charge in [0.05, 0.1) is 11.5 Å². The van der Waals surface area contributed by atoms with E-state index in [4.69, 9.17) is 10.5 Å². The van der Waals surface area contributed by atoms with Crippen molar-refractivity contribution < 1.29 is 4.74 Å². The van der Waals surface area contributed by atoms with Crippen LogP contribution >= 0.6 is 11.3 Å². The zero-order valence-electron chi connectivity index (χ0n) is 9.60. The van der Waals surface area contributed by atoms with Crippen LogP contribution < -0.4 is 10.5 Å². The Hall–Kier alpha value is -1.36. The van der Waals surface area contributed by atoms with Crippen molar-refractivity contribution >= 4 is 27.5 Å². The number of rotatable bonds is 3. The number of nitrogens with two attached hydrogens (primary N) is 1. The van der Waals surface area contributed by atoms with E-state index in [0.717, 1.165) is 10.2 Å². The summed E-state index contributed by atoms with van der Waals surface area (Å²) in [7, 11) is 0. The minimum Gasteiger partial charge on any atom is -0.474 e. The second-order valence-corrected chi connectivity index (χ2v) is 4.99. The molecule has 0 radical (unpaired) electrons. The van der Waals surface area contributed by atoms with E-state index < -0.39 is 0 Å². The van der Waals surface area contributed by atoms with Gasteiger partial charge in [0.15, 0.2) is 0 Å². The largest absolute Gasteiger partial charge is 0.474 e. The molecule has 2 aromatic rings. The van der Waals surface area contributed by atoms with Gasteiger partial charge in [-0.25, -0.2) is 4.98 Å². The lowest BCUT2D eigenvalue weighted by atomic mass is 10.1. The maximum atomic E-state index is 5.80. The van der Waals surface area contributed by atoms with E-state index in [0.29, 0.717) is 11.8 Å². The summed E-state index contributed by atoms with van der Waals surface area (Å²) in [5.41, 5.74) is 5.64. The number of aromatic nitrogens is 2. The first kappa shape index (κ1) is 11.1. The smallest absolute Gasteiger partial charge is 0.227 e. The zero-order chi connectivity index (χ0) is 11.7. The van der Waals surface area contributed by atoms with Gasteiger partial charge in [-0.3, -0.25) is 0 Å². The third-order valence-corrected chi connectivity index (χ3v) is 3.35. The predicted molar refractivity (Wildman–Crippen MR) is 66.8 cm³/mol. The van der Waals surface area contributed by atoms with Gasteiger partial charge in [-0.2, -0.15) is 4.98 Å². The highest BCUT2D eigenvalue weighted by atomic mass is 32.1. The Kier molecular flexibility index (Phi) is 2.96. The molecule has 86 valence electrons. The third kappa shape index (κ3) is 2.09. The quantitative estimate of drug-likeness (QED) is 0.891. The Morgan fingerprint density at radius 1 is 1.31 bits per heavy atom. The molecule has 0 fully saturated rings. The third-order valence-electron chi connectivity index (χ3n) is 2.54. The molecule has 16 heavy (non-hydrogen) atoms. The minimum atomic E-state index is 0.109. The van der Waals surface area contributed by atoms with Gasteiger partial charge in [0, 0.05) is 0 Å². The first-order valence-corrected chi connectivity index (χ1v) is 6.13. The number of thiophene rings is 1. The lowest BCUT2D eigenvalue weighted by molar-refractivity contribution is 0.166. The molecular weight excluding hydrogens is 222 g/mol. The van der Waals surface area contributed by atoms with Crippen molar-refractivity contribution in [3.05, 3.63) is 11.4 Å². The van der Waals surface area contributed by atoms with E-state index in [2.05, 4.69) is 23.8 Å². The van der Waals surface area contributed by atoms with Crippen LogP contribution in [0.3, 0.4) is 0 Å². The molecule has 0 spiro atoms. The number of nitrogen functional groups attached to an aromatic ring is 1. The molecule has 1 unspecified atom stereocenters. The number of fused-ring (bicyclic) bond motifs is 1. The Morgan fingerprint density at radius 2 is 2.06 bits per heavy atom. The van der Waals surface area contributed by atoms with E-state index in [1.165, 1.54) is 0 Å². The average molecular weight is 237 g/mol. The van der Waals surface area contributed by atoms with Gasteiger partial charge in [-0.15, -0.1) is 11.3 Å². The number of anilines is 1. The molecule has 0 saturated carbocycles. The zero-order valence-corrected chi connectivity index (χ0v) is 10.4. The molecular formula is C11H15N3OS. The van der Waals surface area contributed by atoms with Crippen molar-refractivity contribution in [3.8, 4) is 5.88 Å². The predicted octanol–water partition coefficient (Wildman–Crippen LogP) is 2.70. The Morgan fingerprint density at radius 3 is 2.75 bits per heavy atom. The van der Waals surface area contributed by atoms with Gasteiger partial charge in [0.2, 0.25) is 11.8 Å². The van der Waals surface area contributed by atoms with Crippen LogP contribution in [-0.2, 0) is 0 Å². The lowest BCUT2D eigenvalue weighted by Crippen LogP contribution is -2.19. The topological polar surface area (TPSA) is 61.0 Å². The van der Waals surface area contributed by atoms with Crippen LogP contribution in [-0.4, -0.2) is 16.1 Å². The molecule has 0 bridgehead atoms. The fraction of sp³-hybridized carbons (Fsp3) is 0.455. The highest BCUT2D eigenvalue weighted by molar-refractivity contribution is 7.16. The number of nitrogens with zero attached hydrogens (tertiary/aromatic N) is 2. The Bertz CT molecular complexity index is 495. The van der Waals surface area contributed by atoms with Crippen LogP contribution in [0.4, 0.5) is 5.95 Å². The van der Waals surface area contributed by atoms with Crippen LogP contribution in [0.15, 0.2) is 11.4 Å². The average Bonchev–Trinajstić information content (AvgIpc) is 2.65. The second kappa shape index (κ2) is 4.25. The molecule has 2 N–H and O–H groups in total. The fourth-order valence-electron chi connectivity index (χ4n) is 1.25. The highest BCUT2D eigenvalue weighted by Crippen LogP contribution is 2.28. The fourth-order valence-corrected chi connectivity index (χ4v) is 2.01. The molecule has 5 heteroatoms. The van der Waals surface area contributed by atoms with Crippen molar-refractivity contribution in [2.24, 2.45) is 5.92 Å². The molecule has 2 aromatic heterocycles. The number of ether oxygens (including phenoxy) is 1. The summed E-state index contributed by atoms with van der Waals surface area (Å²) < 4.78 is 5.80. The van der Waals surface area contributed by atoms with Gasteiger partial charge < -0.3 is 10.5 Å². The maximum absolute atomic E-state index is 5.80. The van der Waals surface area contributed by atoms with Crippen LogP contribution in [0.2, 0.25) is 0 Å². The van der Waals surface area contributed by atoms with Crippen LogP contribution in [0.5, 0.6) is 5.88 Å². The van der Waals surface area contributed by atoms with Crippen LogP contribution in [0, 0.1) is 5.92 Å². The summed E-state index contributed by atoms with van der Waals surface area (Å²) in [5, 5.41) is 2.90. The van der Waals surface area contributed by atoms with Gasteiger partial charge in [0.25, 0.3) is 0 Å². The Labute approximate surface area is 98.5 Å². The first-order chi connectivity index (χ1) is 7.58. The second-order valence-electron chi connectivity index (χ2n) is 4.09. The molecule has 0 saturated heterocycles. The summed E-state index contributed by atoms with van der Waals surface area (Å²) in [5.74, 6) is 1.29. The van der Waals surface area contributed by atoms with E-state index in [1.54, 1.807) is 11.3 Å². The standard InChI is InChI=1S/C11H15N3OS/c1-6(2)7(3)15-9-8-4-5-16-10(8)14-11(12)13-9/h4-7H,1-3H3,(H2,12,13,14). The molecule has 0 aliphatic carbocycles. The van der Waals surface area contributed by atoms with Crippen molar-refractivity contribution in [2.75, 3.05) is 5.73 Å². The molecule has 1 atom stereocenters. The molecule has 2 heterocycles. The molecule has 0 aliphatic heterocycles.